The van der Waals surface area contributed by atoms with E-state index in [1.54, 1.807) is 12.1 Å². The van der Waals surface area contributed by atoms with Crippen LogP contribution in [0.5, 0.6) is 0 Å². The van der Waals surface area contributed by atoms with E-state index in [1.807, 2.05) is 30.3 Å². The van der Waals surface area contributed by atoms with Crippen molar-refractivity contribution in [3.05, 3.63) is 71.5 Å². The lowest BCUT2D eigenvalue weighted by molar-refractivity contribution is -0.122. The van der Waals surface area contributed by atoms with Crippen LogP contribution >= 0.6 is 0 Å². The van der Waals surface area contributed by atoms with Gasteiger partial charge in [0.05, 0.1) is 6.26 Å². The average Bonchev–Trinajstić information content (AvgIpc) is 2.67. The van der Waals surface area contributed by atoms with Gasteiger partial charge in [-0.25, -0.2) is 17.1 Å². The van der Waals surface area contributed by atoms with E-state index in [-0.39, 0.29) is 30.1 Å². The third-order valence-electron chi connectivity index (χ3n) is 5.15. The van der Waals surface area contributed by atoms with Gasteiger partial charge in [0.25, 0.3) is 0 Å². The number of hydrogen-bond acceptors (Lipinski definition) is 3. The van der Waals surface area contributed by atoms with Crippen molar-refractivity contribution in [2.75, 3.05) is 19.3 Å². The second-order valence-electron chi connectivity index (χ2n) is 7.22. The summed E-state index contributed by atoms with van der Waals surface area (Å²) < 4.78 is 38.0. The van der Waals surface area contributed by atoms with Crippen LogP contribution < -0.4 is 5.32 Å². The number of amides is 1. The van der Waals surface area contributed by atoms with Gasteiger partial charge < -0.3 is 5.32 Å². The second kappa shape index (κ2) is 8.84. The van der Waals surface area contributed by atoms with Crippen molar-refractivity contribution in [1.29, 1.82) is 0 Å². The molecule has 0 aromatic heterocycles. The van der Waals surface area contributed by atoms with Crippen molar-refractivity contribution >= 4 is 15.9 Å². The van der Waals surface area contributed by atoms with Crippen LogP contribution in [0.3, 0.4) is 0 Å². The maximum absolute atomic E-state index is 13.3. The number of hydrogen-bond donors (Lipinski definition) is 1. The minimum atomic E-state index is -3.18. The van der Waals surface area contributed by atoms with Gasteiger partial charge in [0.2, 0.25) is 15.9 Å². The minimum Gasteiger partial charge on any atom is -0.353 e. The number of carbonyl (C=O) groups excluding carboxylic acids is 1. The molecule has 1 fully saturated rings. The van der Waals surface area contributed by atoms with Gasteiger partial charge in [-0.3, -0.25) is 4.79 Å². The number of rotatable bonds is 6. The van der Waals surface area contributed by atoms with Gasteiger partial charge >= 0.3 is 0 Å². The Hall–Kier alpha value is -2.25. The van der Waals surface area contributed by atoms with Crippen LogP contribution in [0.4, 0.5) is 4.39 Å². The molecule has 3 rings (SSSR count). The minimum absolute atomic E-state index is 0.0323. The van der Waals surface area contributed by atoms with Crippen LogP contribution in [0.1, 0.15) is 36.3 Å². The molecule has 5 nitrogen and oxygen atoms in total. The van der Waals surface area contributed by atoms with Crippen LogP contribution in [0, 0.1) is 5.82 Å². The zero-order chi connectivity index (χ0) is 20.1. The standard InChI is InChI=1S/C21H25FN2O3S/c1-28(26,27)24-13-11-19(12-14-24)23-21(25)15-20(16-5-3-2-4-6-16)17-7-9-18(22)10-8-17/h2-10,19-20H,11-15H2,1H3,(H,23,25)/t20-/m0/s1. The summed E-state index contributed by atoms with van der Waals surface area (Å²) in [7, 11) is -3.18. The highest BCUT2D eigenvalue weighted by Gasteiger charge is 2.26. The molecule has 7 heteroatoms. The molecule has 0 saturated carbocycles. The van der Waals surface area contributed by atoms with E-state index in [1.165, 1.54) is 22.7 Å². The van der Waals surface area contributed by atoms with Crippen LogP contribution in [-0.4, -0.2) is 44.0 Å². The Balaban J connectivity index is 1.66. The Labute approximate surface area is 165 Å². The molecule has 0 aliphatic carbocycles. The van der Waals surface area contributed by atoms with Crippen molar-refractivity contribution in [3.8, 4) is 0 Å². The average molecular weight is 405 g/mol. The van der Waals surface area contributed by atoms with Crippen molar-refractivity contribution in [1.82, 2.24) is 9.62 Å². The fraction of sp³-hybridized carbons (Fsp3) is 0.381. The van der Waals surface area contributed by atoms with E-state index in [4.69, 9.17) is 0 Å². The third-order valence-corrected chi connectivity index (χ3v) is 6.46. The predicted octanol–water partition coefficient (Wildman–Crippen LogP) is 2.89. The molecule has 1 aliphatic rings. The molecule has 2 aromatic carbocycles. The Morgan fingerprint density at radius 3 is 2.21 bits per heavy atom. The highest BCUT2D eigenvalue weighted by atomic mass is 32.2. The summed E-state index contributed by atoms with van der Waals surface area (Å²) in [4.78, 5) is 12.7. The van der Waals surface area contributed by atoms with Gasteiger partial charge in [-0.05, 0) is 36.1 Å². The molecular weight excluding hydrogens is 379 g/mol. The smallest absolute Gasteiger partial charge is 0.221 e. The van der Waals surface area contributed by atoms with E-state index in [0.29, 0.717) is 25.9 Å². The summed E-state index contributed by atoms with van der Waals surface area (Å²) in [5, 5.41) is 3.04. The lowest BCUT2D eigenvalue weighted by atomic mass is 9.88. The Kier molecular flexibility index (Phi) is 6.46. The van der Waals surface area contributed by atoms with Gasteiger partial charge in [-0.1, -0.05) is 42.5 Å². The maximum Gasteiger partial charge on any atom is 0.221 e. The molecule has 28 heavy (non-hydrogen) atoms. The van der Waals surface area contributed by atoms with Gasteiger partial charge in [0.15, 0.2) is 0 Å². The van der Waals surface area contributed by atoms with E-state index >= 15 is 0 Å². The van der Waals surface area contributed by atoms with Gasteiger partial charge in [-0.2, -0.15) is 0 Å². The van der Waals surface area contributed by atoms with Crippen molar-refractivity contribution < 1.29 is 17.6 Å². The summed E-state index contributed by atoms with van der Waals surface area (Å²) in [6.45, 7) is 0.841. The number of benzene rings is 2. The molecule has 1 saturated heterocycles. The third kappa shape index (κ3) is 5.39. The molecule has 0 radical (unpaired) electrons. The fourth-order valence-electron chi connectivity index (χ4n) is 3.61. The maximum atomic E-state index is 13.3. The predicted molar refractivity (Wildman–Crippen MR) is 107 cm³/mol. The molecule has 1 atom stereocenters. The first kappa shape index (κ1) is 20.5. The number of nitrogens with zero attached hydrogens (tertiary/aromatic N) is 1. The normalized spacial score (nSPS) is 17.2. The summed E-state index contributed by atoms with van der Waals surface area (Å²) in [5.41, 5.74) is 1.88. The van der Waals surface area contributed by atoms with Gasteiger partial charge in [-0.15, -0.1) is 0 Å². The van der Waals surface area contributed by atoms with Gasteiger partial charge in [0.1, 0.15) is 5.82 Å². The summed E-state index contributed by atoms with van der Waals surface area (Å²) in [6, 6.07) is 15.9. The Morgan fingerprint density at radius 1 is 1.07 bits per heavy atom. The monoisotopic (exact) mass is 404 g/mol. The largest absolute Gasteiger partial charge is 0.353 e. The fourth-order valence-corrected chi connectivity index (χ4v) is 4.49. The van der Waals surface area contributed by atoms with E-state index in [0.717, 1.165) is 11.1 Å². The van der Waals surface area contributed by atoms with Crippen LogP contribution in [0.2, 0.25) is 0 Å². The summed E-state index contributed by atoms with van der Waals surface area (Å²) in [5.74, 6) is -0.563. The molecule has 150 valence electrons. The zero-order valence-electron chi connectivity index (χ0n) is 15.8. The van der Waals surface area contributed by atoms with Crippen molar-refractivity contribution in [2.45, 2.75) is 31.2 Å². The first-order valence-corrected chi connectivity index (χ1v) is 11.2. The first-order valence-electron chi connectivity index (χ1n) is 9.38. The lowest BCUT2D eigenvalue weighted by Crippen LogP contribution is -2.46. The van der Waals surface area contributed by atoms with E-state index in [9.17, 15) is 17.6 Å². The van der Waals surface area contributed by atoms with E-state index < -0.39 is 10.0 Å². The van der Waals surface area contributed by atoms with Crippen LogP contribution in [0.15, 0.2) is 54.6 Å². The molecule has 0 spiro atoms. The second-order valence-corrected chi connectivity index (χ2v) is 9.21. The Bertz CT molecular complexity index is 893. The Morgan fingerprint density at radius 2 is 1.64 bits per heavy atom. The van der Waals surface area contributed by atoms with Crippen molar-refractivity contribution in [3.63, 3.8) is 0 Å². The SMILES string of the molecule is CS(=O)(=O)N1CCC(NC(=O)C[C@@H](c2ccccc2)c2ccc(F)cc2)CC1. The molecule has 1 aliphatic heterocycles. The molecule has 2 aromatic rings. The highest BCUT2D eigenvalue weighted by Crippen LogP contribution is 2.28. The molecule has 1 heterocycles. The van der Waals surface area contributed by atoms with Crippen molar-refractivity contribution in [2.24, 2.45) is 0 Å². The first-order chi connectivity index (χ1) is 13.3. The number of piperidine rings is 1. The topological polar surface area (TPSA) is 66.5 Å². The number of carbonyl (C=O) groups is 1. The summed E-state index contributed by atoms with van der Waals surface area (Å²) >= 11 is 0. The number of sulfonamides is 1. The summed E-state index contributed by atoms with van der Waals surface area (Å²) in [6.07, 6.45) is 2.66. The molecule has 0 bridgehead atoms. The number of halogens is 1. The molecule has 1 N–H and O–H groups in total. The molecule has 0 unspecified atom stereocenters. The zero-order valence-corrected chi connectivity index (χ0v) is 16.7. The molecule has 1 amide bonds. The van der Waals surface area contributed by atoms with E-state index in [2.05, 4.69) is 5.32 Å². The quantitative estimate of drug-likeness (QED) is 0.805. The lowest BCUT2D eigenvalue weighted by Gasteiger charge is -2.31. The van der Waals surface area contributed by atoms with Crippen LogP contribution in [-0.2, 0) is 14.8 Å². The van der Waals surface area contributed by atoms with Gasteiger partial charge in [0, 0.05) is 31.5 Å². The number of nitrogens with one attached hydrogen (secondary N) is 1. The van der Waals surface area contributed by atoms with Crippen LogP contribution in [0.25, 0.3) is 0 Å². The highest BCUT2D eigenvalue weighted by molar-refractivity contribution is 7.88. The molecular formula is C21H25FN2O3S.